The van der Waals surface area contributed by atoms with E-state index in [4.69, 9.17) is 4.99 Å². The highest BCUT2D eigenvalue weighted by molar-refractivity contribution is 7.15. The first kappa shape index (κ1) is 14.5. The highest BCUT2D eigenvalue weighted by atomic mass is 32.1. The monoisotopic (exact) mass is 348 g/mol. The van der Waals surface area contributed by atoms with Gasteiger partial charge in [-0.2, -0.15) is 0 Å². The van der Waals surface area contributed by atoms with Gasteiger partial charge >= 0.3 is 0 Å². The number of rotatable bonds is 1. The quantitative estimate of drug-likeness (QED) is 0.728. The zero-order valence-electron chi connectivity index (χ0n) is 13.9. The lowest BCUT2D eigenvalue weighted by Gasteiger charge is -2.26. The molecule has 1 unspecified atom stereocenters. The molecule has 1 atom stereocenters. The van der Waals surface area contributed by atoms with Crippen LogP contribution in [0, 0.1) is 13.8 Å². The third kappa shape index (κ3) is 2.16. The van der Waals surface area contributed by atoms with Crippen molar-refractivity contribution in [3.63, 3.8) is 0 Å². The van der Waals surface area contributed by atoms with Gasteiger partial charge in [0.25, 0.3) is 0 Å². The van der Waals surface area contributed by atoms with E-state index in [2.05, 4.69) is 38.2 Å². The van der Waals surface area contributed by atoms with Gasteiger partial charge in [0, 0.05) is 23.5 Å². The molecule has 124 valence electrons. The normalized spacial score (nSPS) is 17.9. The zero-order valence-corrected chi connectivity index (χ0v) is 14.7. The van der Waals surface area contributed by atoms with Crippen LogP contribution in [0.2, 0.25) is 0 Å². The number of hydrogen-bond acceptors (Lipinski definition) is 7. The van der Waals surface area contributed by atoms with Crippen LogP contribution < -0.4 is 10.2 Å². The Morgan fingerprint density at radius 3 is 3.00 bits per heavy atom. The molecule has 0 amide bonds. The summed E-state index contributed by atoms with van der Waals surface area (Å²) in [7, 11) is 0. The molecule has 0 spiro atoms. The maximum absolute atomic E-state index is 4.89. The number of aryl methyl sites for hydroxylation is 2. The lowest BCUT2D eigenvalue weighted by molar-refractivity contribution is 0.822. The predicted octanol–water partition coefficient (Wildman–Crippen LogP) is 3.62. The van der Waals surface area contributed by atoms with Gasteiger partial charge in [0.15, 0.2) is 0 Å². The number of hydrogen-bond donors (Lipinski definition) is 1. The first-order valence-corrected chi connectivity index (χ1v) is 8.95. The molecule has 5 heterocycles. The van der Waals surface area contributed by atoms with Gasteiger partial charge < -0.3 is 10.2 Å². The van der Waals surface area contributed by atoms with Crippen LogP contribution in [-0.2, 0) is 0 Å². The van der Waals surface area contributed by atoms with Gasteiger partial charge in [0.05, 0.1) is 28.3 Å². The third-order valence-electron chi connectivity index (χ3n) is 4.59. The van der Waals surface area contributed by atoms with Crippen molar-refractivity contribution in [2.45, 2.75) is 19.9 Å². The van der Waals surface area contributed by atoms with E-state index in [0.29, 0.717) is 6.67 Å². The molecule has 2 aliphatic heterocycles. The third-order valence-corrected chi connectivity index (χ3v) is 5.70. The van der Waals surface area contributed by atoms with E-state index in [1.54, 1.807) is 11.3 Å². The molecule has 0 aliphatic carbocycles. The SMILES string of the molecule is Cc1nc(C)c(N2CN=C3c4ccncc4Nc4ncccc4C32)s1. The van der Waals surface area contributed by atoms with Crippen molar-refractivity contribution in [3.05, 3.63) is 58.6 Å². The molecule has 5 rings (SSSR count). The summed E-state index contributed by atoms with van der Waals surface area (Å²) in [5, 5.41) is 5.68. The number of thiazole rings is 1. The van der Waals surface area contributed by atoms with E-state index in [9.17, 15) is 0 Å². The molecule has 0 aromatic carbocycles. The lowest BCUT2D eigenvalue weighted by Crippen LogP contribution is -2.28. The van der Waals surface area contributed by atoms with E-state index in [1.165, 1.54) is 5.00 Å². The van der Waals surface area contributed by atoms with Gasteiger partial charge in [-0.25, -0.2) is 9.97 Å². The second-order valence-electron chi connectivity index (χ2n) is 6.17. The standard InChI is InChI=1S/C18H16N6S/c1-10-18(25-11(2)22-10)24-9-21-15-12-5-7-19-8-14(12)23-17-13(16(15)24)4-3-6-20-17/h3-8,16H,9H2,1-2H3,(H,20,23). The fraction of sp³-hybridized carbons (Fsp3) is 0.222. The van der Waals surface area contributed by atoms with Gasteiger partial charge in [0.2, 0.25) is 0 Å². The Balaban J connectivity index is 1.73. The lowest BCUT2D eigenvalue weighted by atomic mass is 9.98. The number of nitrogens with one attached hydrogen (secondary N) is 1. The maximum Gasteiger partial charge on any atom is 0.136 e. The van der Waals surface area contributed by atoms with Crippen molar-refractivity contribution in [3.8, 4) is 0 Å². The Morgan fingerprint density at radius 1 is 1.24 bits per heavy atom. The minimum absolute atomic E-state index is 0.0263. The molecule has 0 radical (unpaired) electrons. The van der Waals surface area contributed by atoms with E-state index in [-0.39, 0.29) is 6.04 Å². The van der Waals surface area contributed by atoms with Gasteiger partial charge in [-0.3, -0.25) is 9.98 Å². The molecule has 0 fully saturated rings. The summed E-state index contributed by atoms with van der Waals surface area (Å²) >= 11 is 1.72. The van der Waals surface area contributed by atoms with E-state index >= 15 is 0 Å². The molecule has 3 aromatic heterocycles. The van der Waals surface area contributed by atoms with Crippen molar-refractivity contribution < 1.29 is 0 Å². The van der Waals surface area contributed by atoms with Crippen molar-refractivity contribution in [2.24, 2.45) is 4.99 Å². The Kier molecular flexibility index (Phi) is 3.11. The van der Waals surface area contributed by atoms with Gasteiger partial charge in [0.1, 0.15) is 23.5 Å². The largest absolute Gasteiger partial charge is 0.338 e. The van der Waals surface area contributed by atoms with Crippen LogP contribution in [0.25, 0.3) is 0 Å². The molecule has 7 heteroatoms. The highest BCUT2D eigenvalue weighted by Crippen LogP contribution is 2.44. The number of fused-ring (bicyclic) bond motifs is 5. The minimum Gasteiger partial charge on any atom is -0.338 e. The topological polar surface area (TPSA) is 66.3 Å². The van der Waals surface area contributed by atoms with Gasteiger partial charge in [-0.1, -0.05) is 6.07 Å². The number of pyridine rings is 2. The van der Waals surface area contributed by atoms with Crippen LogP contribution in [0.1, 0.15) is 27.9 Å². The second kappa shape index (κ2) is 5.35. The summed E-state index contributed by atoms with van der Waals surface area (Å²) in [6.45, 7) is 4.73. The summed E-state index contributed by atoms with van der Waals surface area (Å²) in [5.41, 5.74) is 5.27. The molecule has 2 aliphatic rings. The zero-order chi connectivity index (χ0) is 17.0. The van der Waals surface area contributed by atoms with Crippen molar-refractivity contribution in [1.29, 1.82) is 0 Å². The molecule has 1 N–H and O–H groups in total. The van der Waals surface area contributed by atoms with Crippen LogP contribution in [0.4, 0.5) is 16.5 Å². The molecule has 0 saturated heterocycles. The Labute approximate surface area is 149 Å². The average molecular weight is 348 g/mol. The second-order valence-corrected chi connectivity index (χ2v) is 7.35. The average Bonchev–Trinajstić information content (AvgIpc) is 3.14. The molecule has 3 aromatic rings. The number of anilines is 3. The predicted molar refractivity (Wildman–Crippen MR) is 100.0 cm³/mol. The van der Waals surface area contributed by atoms with E-state index < -0.39 is 0 Å². The van der Waals surface area contributed by atoms with Crippen molar-refractivity contribution in [2.75, 3.05) is 16.9 Å². The molecular weight excluding hydrogens is 332 g/mol. The first-order valence-electron chi connectivity index (χ1n) is 8.13. The maximum atomic E-state index is 4.89. The molecular formula is C18H16N6S. The summed E-state index contributed by atoms with van der Waals surface area (Å²) in [6.07, 6.45) is 5.46. The van der Waals surface area contributed by atoms with Crippen LogP contribution in [0.5, 0.6) is 0 Å². The summed E-state index contributed by atoms with van der Waals surface area (Å²) in [5.74, 6) is 0.859. The number of aliphatic imine (C=N–C) groups is 1. The van der Waals surface area contributed by atoms with Crippen LogP contribution in [-0.4, -0.2) is 27.3 Å². The van der Waals surface area contributed by atoms with E-state index in [1.807, 2.05) is 37.6 Å². The van der Waals surface area contributed by atoms with Crippen molar-refractivity contribution >= 4 is 33.6 Å². The Bertz CT molecular complexity index is 1010. The highest BCUT2D eigenvalue weighted by Gasteiger charge is 2.38. The van der Waals surface area contributed by atoms with Crippen LogP contribution in [0.3, 0.4) is 0 Å². The molecule has 6 nitrogen and oxygen atoms in total. The van der Waals surface area contributed by atoms with Crippen LogP contribution >= 0.6 is 11.3 Å². The first-order chi connectivity index (χ1) is 12.2. The summed E-state index contributed by atoms with van der Waals surface area (Å²) in [4.78, 5) is 20.6. The fourth-order valence-corrected chi connectivity index (χ4v) is 4.51. The van der Waals surface area contributed by atoms with Gasteiger partial charge in [-0.05, 0) is 26.0 Å². The Morgan fingerprint density at radius 2 is 2.16 bits per heavy atom. The summed E-state index contributed by atoms with van der Waals surface area (Å²) in [6, 6.07) is 6.15. The molecule has 25 heavy (non-hydrogen) atoms. The smallest absolute Gasteiger partial charge is 0.136 e. The minimum atomic E-state index is 0.0263. The Hall–Kier alpha value is -2.80. The fourth-order valence-electron chi connectivity index (χ4n) is 3.57. The number of nitrogens with zero attached hydrogens (tertiary/aromatic N) is 5. The van der Waals surface area contributed by atoms with Crippen molar-refractivity contribution in [1.82, 2.24) is 15.0 Å². The number of aromatic nitrogens is 3. The van der Waals surface area contributed by atoms with Gasteiger partial charge in [-0.15, -0.1) is 11.3 Å². The molecule has 0 bridgehead atoms. The van der Waals surface area contributed by atoms with E-state index in [0.717, 1.165) is 39.0 Å². The summed E-state index contributed by atoms with van der Waals surface area (Å²) < 4.78 is 0. The van der Waals surface area contributed by atoms with Crippen LogP contribution in [0.15, 0.2) is 41.8 Å². The molecule has 0 saturated carbocycles.